The van der Waals surface area contributed by atoms with Crippen molar-refractivity contribution in [1.82, 2.24) is 9.97 Å². The average molecular weight is 282 g/mol. The van der Waals surface area contributed by atoms with Crippen molar-refractivity contribution in [2.24, 2.45) is 0 Å². The number of aromatic nitrogens is 2. The number of hydrogen-bond donors (Lipinski definition) is 2. The van der Waals surface area contributed by atoms with Gasteiger partial charge in [0.15, 0.2) is 0 Å². The zero-order chi connectivity index (χ0) is 14.0. The molecule has 19 heavy (non-hydrogen) atoms. The van der Waals surface area contributed by atoms with Gasteiger partial charge in [-0.25, -0.2) is 17.8 Å². The molecule has 2 aromatic heterocycles. The number of hydrogen-bond acceptors (Lipinski definition) is 5. The molecule has 6 nitrogen and oxygen atoms in total. The Balaban J connectivity index is 2.36. The Morgan fingerprint density at radius 3 is 2.63 bits per heavy atom. The van der Waals surface area contributed by atoms with Gasteiger partial charge < -0.3 is 5.73 Å². The number of pyridine rings is 2. The van der Waals surface area contributed by atoms with Crippen molar-refractivity contribution in [2.75, 3.05) is 10.5 Å². The highest BCUT2D eigenvalue weighted by atomic mass is 32.2. The van der Waals surface area contributed by atoms with Crippen molar-refractivity contribution < 1.29 is 12.8 Å². The van der Waals surface area contributed by atoms with Crippen molar-refractivity contribution in [1.29, 1.82) is 0 Å². The van der Waals surface area contributed by atoms with Crippen molar-refractivity contribution in [2.45, 2.75) is 11.8 Å². The highest BCUT2D eigenvalue weighted by molar-refractivity contribution is 7.92. The van der Waals surface area contributed by atoms with Gasteiger partial charge in [0.2, 0.25) is 0 Å². The Hall–Kier alpha value is -2.22. The van der Waals surface area contributed by atoms with Gasteiger partial charge in [-0.2, -0.15) is 0 Å². The zero-order valence-corrected chi connectivity index (χ0v) is 10.8. The number of nitrogens with two attached hydrogens (primary N) is 1. The lowest BCUT2D eigenvalue weighted by atomic mass is 10.3. The highest BCUT2D eigenvalue weighted by Crippen LogP contribution is 2.18. The van der Waals surface area contributed by atoms with Gasteiger partial charge in [0.05, 0.1) is 18.1 Å². The molecule has 0 aliphatic carbocycles. The van der Waals surface area contributed by atoms with Crippen LogP contribution in [0.15, 0.2) is 35.6 Å². The third-order valence-corrected chi connectivity index (χ3v) is 3.63. The Kier molecular flexibility index (Phi) is 3.34. The van der Waals surface area contributed by atoms with Crippen LogP contribution in [0.5, 0.6) is 0 Å². The Morgan fingerprint density at radius 1 is 1.26 bits per heavy atom. The lowest BCUT2D eigenvalue weighted by molar-refractivity contribution is 0.592. The van der Waals surface area contributed by atoms with Gasteiger partial charge in [0.25, 0.3) is 10.0 Å². The van der Waals surface area contributed by atoms with Gasteiger partial charge in [0, 0.05) is 6.20 Å². The predicted molar refractivity (Wildman–Crippen MR) is 68.4 cm³/mol. The first-order valence-electron chi connectivity index (χ1n) is 5.24. The fourth-order valence-corrected chi connectivity index (χ4v) is 2.48. The lowest BCUT2D eigenvalue weighted by Gasteiger charge is -2.09. The third kappa shape index (κ3) is 2.97. The minimum Gasteiger partial charge on any atom is -0.397 e. The second-order valence-electron chi connectivity index (χ2n) is 3.88. The van der Waals surface area contributed by atoms with Crippen LogP contribution in [0.2, 0.25) is 0 Å². The van der Waals surface area contributed by atoms with Gasteiger partial charge >= 0.3 is 0 Å². The second-order valence-corrected chi connectivity index (χ2v) is 5.56. The molecule has 8 heteroatoms. The SMILES string of the molecule is Cc1cc(N)cnc1NS(=O)(=O)c1cncc(F)c1. The number of nitrogens with zero attached hydrogens (tertiary/aromatic N) is 2. The number of halogens is 1. The predicted octanol–water partition coefficient (Wildman–Crippen LogP) is 1.31. The number of aryl methyl sites for hydroxylation is 1. The van der Waals surface area contributed by atoms with E-state index in [0.717, 1.165) is 18.5 Å². The molecule has 0 amide bonds. The van der Waals surface area contributed by atoms with E-state index in [1.54, 1.807) is 13.0 Å². The fraction of sp³-hybridized carbons (Fsp3) is 0.0909. The molecule has 2 rings (SSSR count). The average Bonchev–Trinajstić information content (AvgIpc) is 2.33. The number of nitrogens with one attached hydrogen (secondary N) is 1. The van der Waals surface area contributed by atoms with Crippen molar-refractivity contribution in [3.8, 4) is 0 Å². The molecule has 0 bridgehead atoms. The summed E-state index contributed by atoms with van der Waals surface area (Å²) < 4.78 is 39.2. The number of rotatable bonds is 3. The second kappa shape index (κ2) is 4.81. The number of nitrogen functional groups attached to an aromatic ring is 1. The van der Waals surface area contributed by atoms with E-state index in [-0.39, 0.29) is 10.7 Å². The normalized spacial score (nSPS) is 11.3. The molecule has 2 aromatic rings. The summed E-state index contributed by atoms with van der Waals surface area (Å²) in [6.45, 7) is 1.66. The molecule has 0 saturated heterocycles. The van der Waals surface area contributed by atoms with E-state index in [4.69, 9.17) is 5.73 Å². The van der Waals surface area contributed by atoms with Crippen LogP contribution in [-0.4, -0.2) is 18.4 Å². The fourth-order valence-electron chi connectivity index (χ4n) is 1.43. The smallest absolute Gasteiger partial charge is 0.264 e. The van der Waals surface area contributed by atoms with E-state index in [1.165, 1.54) is 6.20 Å². The van der Waals surface area contributed by atoms with Crippen LogP contribution in [0.1, 0.15) is 5.56 Å². The van der Waals surface area contributed by atoms with Crippen LogP contribution >= 0.6 is 0 Å². The molecule has 0 atom stereocenters. The summed E-state index contributed by atoms with van der Waals surface area (Å²) in [6, 6.07) is 2.46. The van der Waals surface area contributed by atoms with E-state index in [0.29, 0.717) is 11.3 Å². The monoisotopic (exact) mass is 282 g/mol. The van der Waals surface area contributed by atoms with Gasteiger partial charge in [-0.05, 0) is 24.6 Å². The van der Waals surface area contributed by atoms with E-state index in [9.17, 15) is 12.8 Å². The molecule has 0 aliphatic heterocycles. The lowest BCUT2D eigenvalue weighted by Crippen LogP contribution is -2.15. The zero-order valence-electron chi connectivity index (χ0n) is 9.96. The van der Waals surface area contributed by atoms with Gasteiger partial charge in [0.1, 0.15) is 16.5 Å². The minimum atomic E-state index is -3.93. The summed E-state index contributed by atoms with van der Waals surface area (Å²) in [5, 5.41) is 0. The van der Waals surface area contributed by atoms with Gasteiger partial charge in [-0.1, -0.05) is 0 Å². The third-order valence-electron chi connectivity index (χ3n) is 2.32. The topological polar surface area (TPSA) is 98.0 Å². The number of sulfonamides is 1. The van der Waals surface area contributed by atoms with Crippen LogP contribution in [0.3, 0.4) is 0 Å². The summed E-state index contributed by atoms with van der Waals surface area (Å²) in [4.78, 5) is 7.10. The quantitative estimate of drug-likeness (QED) is 0.884. The molecule has 0 fully saturated rings. The van der Waals surface area contributed by atoms with E-state index < -0.39 is 15.8 Å². The van der Waals surface area contributed by atoms with Crippen molar-refractivity contribution in [3.05, 3.63) is 42.1 Å². The molecule has 0 saturated carbocycles. The summed E-state index contributed by atoms with van der Waals surface area (Å²) >= 11 is 0. The van der Waals surface area contributed by atoms with E-state index >= 15 is 0 Å². The largest absolute Gasteiger partial charge is 0.397 e. The summed E-state index contributed by atoms with van der Waals surface area (Å²) in [7, 11) is -3.93. The molecule has 0 aliphatic rings. The van der Waals surface area contributed by atoms with Crippen molar-refractivity contribution >= 4 is 21.5 Å². The summed E-state index contributed by atoms with van der Waals surface area (Å²) in [5.74, 6) is -0.594. The number of anilines is 2. The molecule has 0 radical (unpaired) electrons. The maximum Gasteiger partial charge on any atom is 0.264 e. The minimum absolute atomic E-state index is 0.137. The highest BCUT2D eigenvalue weighted by Gasteiger charge is 2.17. The maximum absolute atomic E-state index is 13.0. The molecule has 0 unspecified atom stereocenters. The van der Waals surface area contributed by atoms with E-state index in [2.05, 4.69) is 14.7 Å². The molecule has 0 aromatic carbocycles. The van der Waals surface area contributed by atoms with Crippen LogP contribution in [0.4, 0.5) is 15.9 Å². The van der Waals surface area contributed by atoms with Crippen LogP contribution < -0.4 is 10.5 Å². The van der Waals surface area contributed by atoms with E-state index in [1.807, 2.05) is 0 Å². The summed E-state index contributed by atoms with van der Waals surface area (Å²) in [6.07, 6.45) is 3.30. The molecule has 100 valence electrons. The van der Waals surface area contributed by atoms with Crippen LogP contribution in [0.25, 0.3) is 0 Å². The Morgan fingerprint density at radius 2 is 2.00 bits per heavy atom. The first-order chi connectivity index (χ1) is 8.88. The maximum atomic E-state index is 13.0. The first-order valence-corrected chi connectivity index (χ1v) is 6.72. The standard InChI is InChI=1S/C11H11FN4O2S/c1-7-2-9(13)5-15-11(7)16-19(17,18)10-3-8(12)4-14-6-10/h2-6H,13H2,1H3,(H,15,16). The Bertz CT molecular complexity index is 718. The van der Waals surface area contributed by atoms with Crippen LogP contribution in [-0.2, 0) is 10.0 Å². The van der Waals surface area contributed by atoms with Crippen LogP contribution in [0, 0.1) is 12.7 Å². The molecular weight excluding hydrogens is 271 g/mol. The first kappa shape index (κ1) is 13.2. The van der Waals surface area contributed by atoms with Gasteiger partial charge in [-0.3, -0.25) is 9.71 Å². The molecular formula is C11H11FN4O2S. The Labute approximate surface area is 109 Å². The van der Waals surface area contributed by atoms with Gasteiger partial charge in [-0.15, -0.1) is 0 Å². The molecule has 0 spiro atoms. The van der Waals surface area contributed by atoms with Crippen molar-refractivity contribution in [3.63, 3.8) is 0 Å². The summed E-state index contributed by atoms with van der Waals surface area (Å²) in [5.41, 5.74) is 6.51. The molecule has 2 heterocycles. The molecule has 3 N–H and O–H groups in total.